The molecule has 0 aliphatic heterocycles. The molecule has 4 heteroatoms. The molecule has 0 spiro atoms. The molecule has 0 unspecified atom stereocenters. The van der Waals surface area contributed by atoms with Gasteiger partial charge in [-0.05, 0) is 18.2 Å². The van der Waals surface area contributed by atoms with Crippen molar-refractivity contribution >= 4 is 32.8 Å². The number of hydrogen-bond donors (Lipinski definition) is 1. The Bertz CT molecular complexity index is 490. The van der Waals surface area contributed by atoms with Crippen LogP contribution in [0.1, 0.15) is 10.5 Å². The van der Waals surface area contributed by atoms with E-state index in [0.717, 1.165) is 15.4 Å². The minimum atomic E-state index is -0.354. The first-order chi connectivity index (χ1) is 6.72. The molecule has 0 bridgehead atoms. The highest BCUT2D eigenvalue weighted by atomic mass is 79.9. The molecule has 0 amide bonds. The lowest BCUT2D eigenvalue weighted by molar-refractivity contribution is 0.0595. The fourth-order valence-electron chi connectivity index (χ4n) is 1.34. The molecular weight excluding hydrogens is 246 g/mol. The predicted octanol–water partition coefficient (Wildman–Crippen LogP) is 2.72. The number of halogens is 1. The summed E-state index contributed by atoms with van der Waals surface area (Å²) < 4.78 is 5.58. The van der Waals surface area contributed by atoms with E-state index < -0.39 is 0 Å². The zero-order chi connectivity index (χ0) is 10.1. The maximum absolute atomic E-state index is 11.2. The number of esters is 1. The molecule has 1 aromatic carbocycles. The van der Waals surface area contributed by atoms with Crippen LogP contribution in [0.3, 0.4) is 0 Å². The van der Waals surface area contributed by atoms with Gasteiger partial charge in [-0.3, -0.25) is 0 Å². The van der Waals surface area contributed by atoms with E-state index in [1.54, 1.807) is 6.07 Å². The van der Waals surface area contributed by atoms with E-state index in [0.29, 0.717) is 5.69 Å². The van der Waals surface area contributed by atoms with Gasteiger partial charge in [-0.2, -0.15) is 0 Å². The molecule has 0 saturated heterocycles. The average molecular weight is 254 g/mol. The van der Waals surface area contributed by atoms with Crippen LogP contribution in [0, 0.1) is 0 Å². The number of nitrogens with one attached hydrogen (secondary N) is 1. The second kappa shape index (κ2) is 3.46. The van der Waals surface area contributed by atoms with Crippen molar-refractivity contribution in [1.29, 1.82) is 0 Å². The SMILES string of the molecule is COC(=O)c1cc2c(Br)cccc2[nH]1. The number of carbonyl (C=O) groups excluding carboxylic acids is 1. The van der Waals surface area contributed by atoms with Crippen LogP contribution in [0.4, 0.5) is 0 Å². The van der Waals surface area contributed by atoms with Crippen LogP contribution in [-0.2, 0) is 4.74 Å². The smallest absolute Gasteiger partial charge is 0.354 e. The number of rotatable bonds is 1. The number of carbonyl (C=O) groups is 1. The van der Waals surface area contributed by atoms with Crippen molar-refractivity contribution in [2.75, 3.05) is 7.11 Å². The van der Waals surface area contributed by atoms with E-state index in [1.807, 2.05) is 18.2 Å². The Morgan fingerprint density at radius 2 is 2.29 bits per heavy atom. The lowest BCUT2D eigenvalue weighted by Crippen LogP contribution is -2.00. The third-order valence-electron chi connectivity index (χ3n) is 2.02. The maximum Gasteiger partial charge on any atom is 0.354 e. The normalized spacial score (nSPS) is 10.4. The standard InChI is InChI=1S/C10H8BrNO2/c1-14-10(13)9-5-6-7(11)3-2-4-8(6)12-9/h2-5,12H,1H3. The Labute approximate surface area is 89.2 Å². The molecule has 0 saturated carbocycles. The van der Waals surface area contributed by atoms with Crippen molar-refractivity contribution in [3.05, 3.63) is 34.4 Å². The van der Waals surface area contributed by atoms with Gasteiger partial charge in [-0.15, -0.1) is 0 Å². The van der Waals surface area contributed by atoms with Gasteiger partial charge in [0.25, 0.3) is 0 Å². The number of aromatic nitrogens is 1. The number of benzene rings is 1. The highest BCUT2D eigenvalue weighted by Gasteiger charge is 2.10. The zero-order valence-corrected chi connectivity index (χ0v) is 9.09. The van der Waals surface area contributed by atoms with Gasteiger partial charge >= 0.3 is 5.97 Å². The lowest BCUT2D eigenvalue weighted by atomic mass is 10.2. The van der Waals surface area contributed by atoms with E-state index in [9.17, 15) is 4.79 Å². The van der Waals surface area contributed by atoms with Crippen molar-refractivity contribution in [2.24, 2.45) is 0 Å². The fourth-order valence-corrected chi connectivity index (χ4v) is 1.82. The molecule has 0 aliphatic rings. The fraction of sp³-hybridized carbons (Fsp3) is 0.100. The predicted molar refractivity (Wildman–Crippen MR) is 57.3 cm³/mol. The molecular formula is C10H8BrNO2. The van der Waals surface area contributed by atoms with Gasteiger partial charge in [0.05, 0.1) is 7.11 Å². The molecule has 0 aliphatic carbocycles. The molecule has 2 rings (SSSR count). The minimum absolute atomic E-state index is 0.354. The van der Waals surface area contributed by atoms with E-state index >= 15 is 0 Å². The molecule has 0 atom stereocenters. The zero-order valence-electron chi connectivity index (χ0n) is 7.50. The van der Waals surface area contributed by atoms with Gasteiger partial charge < -0.3 is 9.72 Å². The van der Waals surface area contributed by atoms with Gasteiger partial charge in [0.1, 0.15) is 5.69 Å². The second-order valence-electron chi connectivity index (χ2n) is 2.88. The summed E-state index contributed by atoms with van der Waals surface area (Å²) in [5.74, 6) is -0.354. The van der Waals surface area contributed by atoms with Gasteiger partial charge in [-0.25, -0.2) is 4.79 Å². The monoisotopic (exact) mass is 253 g/mol. The minimum Gasteiger partial charge on any atom is -0.464 e. The molecule has 0 fully saturated rings. The van der Waals surface area contributed by atoms with Crippen LogP contribution in [0.25, 0.3) is 10.9 Å². The van der Waals surface area contributed by atoms with Gasteiger partial charge in [0.2, 0.25) is 0 Å². The Morgan fingerprint density at radius 3 is 2.93 bits per heavy atom. The number of hydrogen-bond acceptors (Lipinski definition) is 2. The molecule has 1 heterocycles. The molecule has 72 valence electrons. The van der Waals surface area contributed by atoms with Crippen LogP contribution < -0.4 is 0 Å². The largest absolute Gasteiger partial charge is 0.464 e. The summed E-state index contributed by atoms with van der Waals surface area (Å²) in [5, 5.41) is 0.980. The number of fused-ring (bicyclic) bond motifs is 1. The van der Waals surface area contributed by atoms with Crippen molar-refractivity contribution in [3.8, 4) is 0 Å². The van der Waals surface area contributed by atoms with Crippen molar-refractivity contribution in [3.63, 3.8) is 0 Å². The first-order valence-corrected chi connectivity index (χ1v) is 4.87. The van der Waals surface area contributed by atoms with Crippen LogP contribution in [0.15, 0.2) is 28.7 Å². The molecule has 2 aromatic rings. The number of aromatic amines is 1. The van der Waals surface area contributed by atoms with Crippen LogP contribution in [0.5, 0.6) is 0 Å². The average Bonchev–Trinajstić information content (AvgIpc) is 2.62. The summed E-state index contributed by atoms with van der Waals surface area (Å²) >= 11 is 3.41. The summed E-state index contributed by atoms with van der Waals surface area (Å²) in [6.45, 7) is 0. The molecule has 1 aromatic heterocycles. The Hall–Kier alpha value is -1.29. The molecule has 0 radical (unpaired) electrons. The quantitative estimate of drug-likeness (QED) is 0.795. The summed E-state index contributed by atoms with van der Waals surface area (Å²) in [7, 11) is 1.36. The third-order valence-corrected chi connectivity index (χ3v) is 2.71. The van der Waals surface area contributed by atoms with Gasteiger partial charge in [0.15, 0.2) is 0 Å². The van der Waals surface area contributed by atoms with E-state index in [2.05, 4.69) is 25.7 Å². The summed E-state index contributed by atoms with van der Waals surface area (Å²) in [4.78, 5) is 14.2. The van der Waals surface area contributed by atoms with E-state index in [-0.39, 0.29) is 5.97 Å². The first kappa shape index (κ1) is 9.27. The second-order valence-corrected chi connectivity index (χ2v) is 3.73. The number of methoxy groups -OCH3 is 1. The number of ether oxygens (including phenoxy) is 1. The van der Waals surface area contributed by atoms with Crippen molar-refractivity contribution < 1.29 is 9.53 Å². The van der Waals surface area contributed by atoms with E-state index in [4.69, 9.17) is 0 Å². The van der Waals surface area contributed by atoms with Crippen LogP contribution in [0.2, 0.25) is 0 Å². The summed E-state index contributed by atoms with van der Waals surface area (Å²) in [6, 6.07) is 7.51. The van der Waals surface area contributed by atoms with Gasteiger partial charge in [-0.1, -0.05) is 22.0 Å². The number of H-pyrrole nitrogens is 1. The lowest BCUT2D eigenvalue weighted by Gasteiger charge is -1.91. The first-order valence-electron chi connectivity index (χ1n) is 4.08. The van der Waals surface area contributed by atoms with E-state index in [1.165, 1.54) is 7.11 Å². The van der Waals surface area contributed by atoms with Crippen molar-refractivity contribution in [1.82, 2.24) is 4.98 Å². The van der Waals surface area contributed by atoms with Crippen LogP contribution in [-0.4, -0.2) is 18.1 Å². The highest BCUT2D eigenvalue weighted by molar-refractivity contribution is 9.10. The van der Waals surface area contributed by atoms with Gasteiger partial charge in [0, 0.05) is 15.4 Å². The Balaban J connectivity index is 2.62. The maximum atomic E-state index is 11.2. The Morgan fingerprint density at radius 1 is 1.50 bits per heavy atom. The summed E-state index contributed by atoms with van der Waals surface area (Å²) in [6.07, 6.45) is 0. The van der Waals surface area contributed by atoms with Crippen LogP contribution >= 0.6 is 15.9 Å². The third kappa shape index (κ3) is 1.42. The molecule has 1 N–H and O–H groups in total. The molecule has 14 heavy (non-hydrogen) atoms. The molecule has 3 nitrogen and oxygen atoms in total. The Kier molecular flexibility index (Phi) is 2.29. The topological polar surface area (TPSA) is 42.1 Å². The summed E-state index contributed by atoms with van der Waals surface area (Å²) in [5.41, 5.74) is 1.38. The highest BCUT2D eigenvalue weighted by Crippen LogP contribution is 2.24. The van der Waals surface area contributed by atoms with Crippen molar-refractivity contribution in [2.45, 2.75) is 0 Å².